The molecule has 0 spiro atoms. The summed E-state index contributed by atoms with van der Waals surface area (Å²) in [5.74, 6) is -1.28. The Morgan fingerprint density at radius 3 is 2.20 bits per heavy atom. The highest BCUT2D eigenvalue weighted by Crippen LogP contribution is 2.37. The molecule has 0 heterocycles. The average Bonchev–Trinajstić information content (AvgIpc) is 2.83. The first-order valence-corrected chi connectivity index (χ1v) is 13.1. The van der Waals surface area contributed by atoms with Crippen molar-refractivity contribution in [2.45, 2.75) is 110 Å². The lowest BCUT2D eigenvalue weighted by atomic mass is 9.81. The number of rotatable bonds is 7. The molecule has 1 amide bonds. The van der Waals surface area contributed by atoms with Crippen LogP contribution in [0.4, 0.5) is 8.78 Å². The van der Waals surface area contributed by atoms with E-state index in [1.807, 2.05) is 0 Å². The summed E-state index contributed by atoms with van der Waals surface area (Å²) in [4.78, 5) is 27.8. The van der Waals surface area contributed by atoms with E-state index in [1.54, 1.807) is 25.0 Å². The van der Waals surface area contributed by atoms with Crippen LogP contribution in [0.25, 0.3) is 0 Å². The smallest absolute Gasteiger partial charge is 0.333 e. The van der Waals surface area contributed by atoms with E-state index < -0.39 is 18.0 Å². The van der Waals surface area contributed by atoms with Gasteiger partial charge in [-0.25, -0.2) is 13.6 Å². The van der Waals surface area contributed by atoms with E-state index in [0.717, 1.165) is 38.5 Å². The number of carboxylic acid groups (broad SMARTS) is 1. The van der Waals surface area contributed by atoms with Crippen molar-refractivity contribution in [1.82, 2.24) is 4.90 Å². The second-order valence-electron chi connectivity index (χ2n) is 10.7. The van der Waals surface area contributed by atoms with Crippen molar-refractivity contribution in [2.75, 3.05) is 7.11 Å². The third kappa shape index (κ3) is 6.60. The highest BCUT2D eigenvalue weighted by atomic mass is 19.1. The molecule has 0 radical (unpaired) electrons. The van der Waals surface area contributed by atoms with Gasteiger partial charge < -0.3 is 14.7 Å². The second kappa shape index (κ2) is 12.3. The monoisotopic (exact) mass is 493 g/mol. The van der Waals surface area contributed by atoms with Crippen molar-refractivity contribution in [3.63, 3.8) is 0 Å². The van der Waals surface area contributed by atoms with Crippen LogP contribution in [-0.2, 0) is 14.3 Å². The van der Waals surface area contributed by atoms with Crippen LogP contribution in [0, 0.1) is 11.8 Å². The van der Waals surface area contributed by atoms with Crippen LogP contribution in [0.15, 0.2) is 34.3 Å². The first kappa shape index (κ1) is 27.6. The number of amides is 1. The summed E-state index contributed by atoms with van der Waals surface area (Å²) in [5.41, 5.74) is 0.639. The number of aliphatic carboxylic acids is 1. The largest absolute Gasteiger partial charge is 0.478 e. The summed E-state index contributed by atoms with van der Waals surface area (Å²) in [7, 11) is 1.68. The van der Waals surface area contributed by atoms with Gasteiger partial charge in [0.1, 0.15) is 12.0 Å². The number of halogens is 2. The van der Waals surface area contributed by atoms with Crippen molar-refractivity contribution in [3.8, 4) is 0 Å². The van der Waals surface area contributed by atoms with Gasteiger partial charge >= 0.3 is 5.97 Å². The fourth-order valence-corrected chi connectivity index (χ4v) is 5.84. The Morgan fingerprint density at radius 2 is 1.66 bits per heavy atom. The van der Waals surface area contributed by atoms with E-state index in [0.29, 0.717) is 30.8 Å². The molecule has 7 heteroatoms. The van der Waals surface area contributed by atoms with E-state index in [4.69, 9.17) is 4.74 Å². The number of hydrogen-bond donors (Lipinski definition) is 1. The van der Waals surface area contributed by atoms with Gasteiger partial charge in [-0.2, -0.15) is 0 Å². The summed E-state index contributed by atoms with van der Waals surface area (Å²) in [6, 6.07) is -0.173. The van der Waals surface area contributed by atoms with Crippen molar-refractivity contribution >= 4 is 11.9 Å². The predicted molar refractivity (Wildman–Crippen MR) is 132 cm³/mol. The molecule has 1 N–H and O–H groups in total. The molecule has 1 unspecified atom stereocenters. The number of carbonyl (C=O) groups is 2. The zero-order chi connectivity index (χ0) is 25.7. The minimum absolute atomic E-state index is 0.00826. The maximum atomic E-state index is 14.7. The second-order valence-corrected chi connectivity index (χ2v) is 10.7. The summed E-state index contributed by atoms with van der Waals surface area (Å²) in [6.07, 6.45) is 7.55. The quantitative estimate of drug-likeness (QED) is 0.319. The van der Waals surface area contributed by atoms with Crippen molar-refractivity contribution in [3.05, 3.63) is 34.3 Å². The molecule has 0 saturated heterocycles. The first-order chi connectivity index (χ1) is 16.6. The molecule has 35 heavy (non-hydrogen) atoms. The number of carbonyl (C=O) groups excluding carboxylic acids is 1. The molecule has 1 atom stereocenters. The Hall–Kier alpha value is -2.02. The van der Waals surface area contributed by atoms with Crippen LogP contribution in [0.3, 0.4) is 0 Å². The zero-order valence-electron chi connectivity index (χ0n) is 21.6. The highest BCUT2D eigenvalue weighted by Gasteiger charge is 2.37. The summed E-state index contributed by atoms with van der Waals surface area (Å²) in [5, 5.41) is 9.93. The van der Waals surface area contributed by atoms with Gasteiger partial charge in [-0.05, 0) is 102 Å². The van der Waals surface area contributed by atoms with E-state index in [1.165, 1.54) is 6.92 Å². The molecule has 3 aliphatic rings. The van der Waals surface area contributed by atoms with Gasteiger partial charge in [-0.15, -0.1) is 0 Å². The minimum Gasteiger partial charge on any atom is -0.478 e. The maximum absolute atomic E-state index is 14.7. The molecule has 0 aromatic rings. The van der Waals surface area contributed by atoms with Crippen LogP contribution >= 0.6 is 0 Å². The van der Waals surface area contributed by atoms with E-state index in [2.05, 4.69) is 6.92 Å². The van der Waals surface area contributed by atoms with Crippen LogP contribution < -0.4 is 0 Å². The molecule has 0 aliphatic heterocycles. The van der Waals surface area contributed by atoms with Crippen LogP contribution in [0.2, 0.25) is 0 Å². The Morgan fingerprint density at radius 1 is 1.03 bits per heavy atom. The predicted octanol–water partition coefficient (Wildman–Crippen LogP) is 6.65. The third-order valence-electron chi connectivity index (χ3n) is 8.15. The Labute approximate surface area is 208 Å². The Bertz CT molecular complexity index is 877. The van der Waals surface area contributed by atoms with Crippen molar-refractivity contribution in [1.29, 1.82) is 0 Å². The molecule has 2 fully saturated rings. The van der Waals surface area contributed by atoms with Crippen molar-refractivity contribution in [2.24, 2.45) is 11.8 Å². The lowest BCUT2D eigenvalue weighted by molar-refractivity contribution is -0.138. The number of hydrogen-bond acceptors (Lipinski definition) is 3. The maximum Gasteiger partial charge on any atom is 0.333 e. The summed E-state index contributed by atoms with van der Waals surface area (Å²) >= 11 is 0. The van der Waals surface area contributed by atoms with Crippen LogP contribution in [0.5, 0.6) is 0 Å². The number of ether oxygens (including phenoxy) is 1. The van der Waals surface area contributed by atoms with E-state index >= 15 is 0 Å². The first-order valence-electron chi connectivity index (χ1n) is 13.1. The standard InChI is InChI=1S/C28H41F2NO4/c1-17-8-10-20(11-9-17)27(32)31(21-12-14-22(35-4)15-13-21)25(19(3)28(33)34)16-18(2)26-23(29)6-5-7-24(26)30/h16-17,20-23H,5-15H2,1-4H3,(H,33,34)/b18-16+,25-19-. The molecule has 196 valence electrons. The molecular formula is C28H41F2NO4. The molecule has 2 saturated carbocycles. The number of allylic oxidation sites excluding steroid dienone is 4. The van der Waals surface area contributed by atoms with Gasteiger partial charge in [0, 0.05) is 24.6 Å². The summed E-state index contributed by atoms with van der Waals surface area (Å²) < 4.78 is 34.9. The SMILES string of the molecule is COC1CCC(N(C(=O)C2CCC(C)CC2)C(/C=C(\C)C2=C(F)CCCC2F)=C(/C)C(=O)O)CC1. The van der Waals surface area contributed by atoms with Crippen molar-refractivity contribution < 1.29 is 28.2 Å². The van der Waals surface area contributed by atoms with Gasteiger partial charge in [0.25, 0.3) is 0 Å². The Kier molecular flexibility index (Phi) is 9.68. The molecule has 3 rings (SSSR count). The molecule has 0 bridgehead atoms. The normalized spacial score (nSPS) is 31.1. The lowest BCUT2D eigenvalue weighted by Gasteiger charge is -2.40. The van der Waals surface area contributed by atoms with Gasteiger partial charge in [0.05, 0.1) is 17.4 Å². The Balaban J connectivity index is 2.05. The van der Waals surface area contributed by atoms with Gasteiger partial charge in [0.15, 0.2) is 0 Å². The molecular weight excluding hydrogens is 452 g/mol. The minimum atomic E-state index is -1.42. The molecule has 3 aliphatic carbocycles. The fourth-order valence-electron chi connectivity index (χ4n) is 5.84. The van der Waals surface area contributed by atoms with E-state index in [9.17, 15) is 23.5 Å². The van der Waals surface area contributed by atoms with E-state index in [-0.39, 0.29) is 53.7 Å². The number of methoxy groups -OCH3 is 1. The molecule has 0 aromatic heterocycles. The number of carboxylic acids is 1. The lowest BCUT2D eigenvalue weighted by Crippen LogP contribution is -2.46. The van der Waals surface area contributed by atoms with Gasteiger partial charge in [-0.1, -0.05) is 6.92 Å². The van der Waals surface area contributed by atoms with Crippen LogP contribution in [-0.4, -0.2) is 47.3 Å². The topological polar surface area (TPSA) is 66.8 Å². The van der Waals surface area contributed by atoms with Gasteiger partial charge in [0.2, 0.25) is 5.91 Å². The third-order valence-corrected chi connectivity index (χ3v) is 8.15. The number of alkyl halides is 1. The van der Waals surface area contributed by atoms with Gasteiger partial charge in [-0.3, -0.25) is 4.79 Å². The molecule has 0 aromatic carbocycles. The highest BCUT2D eigenvalue weighted by molar-refractivity contribution is 5.90. The average molecular weight is 494 g/mol. The van der Waals surface area contributed by atoms with Crippen LogP contribution in [0.1, 0.15) is 91.4 Å². The zero-order valence-corrected chi connectivity index (χ0v) is 21.6. The molecule has 5 nitrogen and oxygen atoms in total. The summed E-state index contributed by atoms with van der Waals surface area (Å²) in [6.45, 7) is 5.29. The fraction of sp³-hybridized carbons (Fsp3) is 0.714. The number of nitrogens with zero attached hydrogens (tertiary/aromatic N) is 1.